The number of aryl methyl sites for hydroxylation is 2. The van der Waals surface area contributed by atoms with Crippen molar-refractivity contribution in [2.24, 2.45) is 13.0 Å². The van der Waals surface area contributed by atoms with Crippen LogP contribution in [0.2, 0.25) is 5.15 Å². The van der Waals surface area contributed by atoms with Crippen molar-refractivity contribution in [3.63, 3.8) is 0 Å². The average molecular weight is 293 g/mol. The summed E-state index contributed by atoms with van der Waals surface area (Å²) < 4.78 is 24.3. The van der Waals surface area contributed by atoms with Crippen LogP contribution in [0.4, 0.5) is 0 Å². The molecule has 0 radical (unpaired) electrons. The molecule has 1 aliphatic heterocycles. The smallest absolute Gasteiger partial charge is 0.150 e. The zero-order valence-electron chi connectivity index (χ0n) is 10.4. The molecule has 0 aliphatic carbocycles. The molecule has 2 unspecified atom stereocenters. The maximum Gasteiger partial charge on any atom is 0.150 e. The molecule has 2 rings (SSSR count). The van der Waals surface area contributed by atoms with Crippen LogP contribution in [0.15, 0.2) is 0 Å². The molecule has 1 aliphatic rings. The van der Waals surface area contributed by atoms with Gasteiger partial charge in [0.25, 0.3) is 0 Å². The minimum Gasteiger partial charge on any atom is -0.392 e. The summed E-state index contributed by atoms with van der Waals surface area (Å²) in [6.07, 6.45) is 0.210. The van der Waals surface area contributed by atoms with Crippen molar-refractivity contribution in [3.8, 4) is 0 Å². The zero-order chi connectivity index (χ0) is 13.5. The summed E-state index contributed by atoms with van der Waals surface area (Å²) in [5.74, 6) is 0.0604. The van der Waals surface area contributed by atoms with E-state index in [0.717, 1.165) is 11.3 Å². The van der Waals surface area contributed by atoms with Gasteiger partial charge in [-0.1, -0.05) is 11.6 Å². The molecule has 1 saturated heterocycles. The first-order chi connectivity index (χ1) is 8.30. The van der Waals surface area contributed by atoms with Crippen LogP contribution in [0.1, 0.15) is 17.7 Å². The molecule has 2 heterocycles. The van der Waals surface area contributed by atoms with Gasteiger partial charge in [-0.2, -0.15) is 5.10 Å². The van der Waals surface area contributed by atoms with E-state index in [1.807, 2.05) is 6.92 Å². The molecule has 0 aromatic carbocycles. The summed E-state index contributed by atoms with van der Waals surface area (Å²) in [5.41, 5.74) is 1.58. The highest BCUT2D eigenvalue weighted by Gasteiger charge is 2.33. The monoisotopic (exact) mass is 292 g/mol. The Bertz CT molecular complexity index is 553. The number of hydrogen-bond donors (Lipinski definition) is 1. The molecule has 0 spiro atoms. The minimum atomic E-state index is -2.96. The van der Waals surface area contributed by atoms with Gasteiger partial charge in [-0.3, -0.25) is 4.68 Å². The van der Waals surface area contributed by atoms with Crippen LogP contribution in [0.25, 0.3) is 0 Å². The normalized spacial score (nSPS) is 24.3. The number of nitrogens with zero attached hydrogens (tertiary/aromatic N) is 2. The summed E-state index contributed by atoms with van der Waals surface area (Å²) in [4.78, 5) is 0. The summed E-state index contributed by atoms with van der Waals surface area (Å²) in [7, 11) is -1.22. The highest BCUT2D eigenvalue weighted by molar-refractivity contribution is 7.91. The lowest BCUT2D eigenvalue weighted by molar-refractivity contribution is 0.120. The second-order valence-corrected chi connectivity index (χ2v) is 7.50. The molecule has 1 aromatic heterocycles. The Morgan fingerprint density at radius 2 is 2.28 bits per heavy atom. The van der Waals surface area contributed by atoms with E-state index in [0.29, 0.717) is 18.0 Å². The Labute approximate surface area is 112 Å². The lowest BCUT2D eigenvalue weighted by Crippen LogP contribution is -2.24. The topological polar surface area (TPSA) is 72.2 Å². The molecule has 18 heavy (non-hydrogen) atoms. The fourth-order valence-corrected chi connectivity index (χ4v) is 4.53. The largest absolute Gasteiger partial charge is 0.392 e. The van der Waals surface area contributed by atoms with Crippen molar-refractivity contribution in [1.82, 2.24) is 9.78 Å². The third-order valence-electron chi connectivity index (χ3n) is 3.49. The Morgan fingerprint density at radius 3 is 2.72 bits per heavy atom. The predicted molar refractivity (Wildman–Crippen MR) is 69.4 cm³/mol. The van der Waals surface area contributed by atoms with Gasteiger partial charge in [-0.05, 0) is 13.3 Å². The number of sulfone groups is 1. The van der Waals surface area contributed by atoms with Crippen LogP contribution in [-0.4, -0.2) is 40.9 Å². The van der Waals surface area contributed by atoms with E-state index in [1.54, 1.807) is 11.7 Å². The van der Waals surface area contributed by atoms with Gasteiger partial charge in [0.05, 0.1) is 23.3 Å². The van der Waals surface area contributed by atoms with Crippen LogP contribution < -0.4 is 0 Å². The molecule has 1 aromatic rings. The summed E-state index contributed by atoms with van der Waals surface area (Å²) in [5, 5.41) is 14.8. The summed E-state index contributed by atoms with van der Waals surface area (Å²) >= 11 is 6.09. The Balaban J connectivity index is 2.10. The van der Waals surface area contributed by atoms with E-state index >= 15 is 0 Å². The van der Waals surface area contributed by atoms with Gasteiger partial charge in [0.1, 0.15) is 5.15 Å². The van der Waals surface area contributed by atoms with E-state index < -0.39 is 15.9 Å². The van der Waals surface area contributed by atoms with Crippen LogP contribution in [-0.2, 0) is 23.3 Å². The van der Waals surface area contributed by atoms with Crippen molar-refractivity contribution in [1.29, 1.82) is 0 Å². The second-order valence-electron chi connectivity index (χ2n) is 4.91. The molecule has 1 fully saturated rings. The number of aromatic nitrogens is 2. The first-order valence-electron chi connectivity index (χ1n) is 5.86. The van der Waals surface area contributed by atoms with Crippen LogP contribution >= 0.6 is 11.6 Å². The highest BCUT2D eigenvalue weighted by atomic mass is 35.5. The third kappa shape index (κ3) is 2.70. The van der Waals surface area contributed by atoms with Crippen molar-refractivity contribution in [2.75, 3.05) is 11.5 Å². The lowest BCUT2D eigenvalue weighted by atomic mass is 9.96. The first-order valence-corrected chi connectivity index (χ1v) is 8.06. The van der Waals surface area contributed by atoms with Crippen molar-refractivity contribution < 1.29 is 13.5 Å². The van der Waals surface area contributed by atoms with E-state index in [1.165, 1.54) is 0 Å². The van der Waals surface area contributed by atoms with Gasteiger partial charge in [-0.15, -0.1) is 0 Å². The first kappa shape index (κ1) is 13.8. The Morgan fingerprint density at radius 1 is 1.61 bits per heavy atom. The van der Waals surface area contributed by atoms with Gasteiger partial charge >= 0.3 is 0 Å². The molecular weight excluding hydrogens is 276 g/mol. The molecular formula is C11H17ClN2O3S. The van der Waals surface area contributed by atoms with Gasteiger partial charge in [0.15, 0.2) is 9.84 Å². The van der Waals surface area contributed by atoms with Crippen LogP contribution in [0.3, 0.4) is 0 Å². The number of hydrogen-bond acceptors (Lipinski definition) is 4. The van der Waals surface area contributed by atoms with Gasteiger partial charge in [-0.25, -0.2) is 8.42 Å². The maximum absolute atomic E-state index is 11.4. The fraction of sp³-hybridized carbons (Fsp3) is 0.727. The van der Waals surface area contributed by atoms with Crippen molar-refractivity contribution in [3.05, 3.63) is 16.4 Å². The maximum atomic E-state index is 11.4. The van der Waals surface area contributed by atoms with E-state index in [9.17, 15) is 13.5 Å². The molecule has 2 atom stereocenters. The molecule has 5 nitrogen and oxygen atoms in total. The Hall–Kier alpha value is -0.590. The van der Waals surface area contributed by atoms with Gasteiger partial charge in [0, 0.05) is 24.9 Å². The summed E-state index contributed by atoms with van der Waals surface area (Å²) in [6, 6.07) is 0. The Kier molecular flexibility index (Phi) is 3.71. The van der Waals surface area contributed by atoms with Gasteiger partial charge < -0.3 is 5.11 Å². The molecule has 0 amide bonds. The average Bonchev–Trinajstić information content (AvgIpc) is 2.74. The second kappa shape index (κ2) is 4.83. The van der Waals surface area contributed by atoms with Crippen molar-refractivity contribution >= 4 is 21.4 Å². The van der Waals surface area contributed by atoms with Gasteiger partial charge in [0.2, 0.25) is 0 Å². The van der Waals surface area contributed by atoms with E-state index in [4.69, 9.17) is 11.6 Å². The van der Waals surface area contributed by atoms with Crippen molar-refractivity contribution in [2.45, 2.75) is 25.9 Å². The van der Waals surface area contributed by atoms with Crippen LogP contribution in [0.5, 0.6) is 0 Å². The molecule has 0 bridgehead atoms. The molecule has 7 heteroatoms. The third-order valence-corrected chi connectivity index (χ3v) is 5.76. The number of aliphatic hydroxyl groups is 1. The summed E-state index contributed by atoms with van der Waals surface area (Å²) in [6.45, 7) is 1.83. The minimum absolute atomic E-state index is 0.0745. The molecule has 0 saturated carbocycles. The predicted octanol–water partition coefficient (Wildman–Crippen LogP) is 0.720. The quantitative estimate of drug-likeness (QED) is 0.891. The molecule has 1 N–H and O–H groups in total. The SMILES string of the molecule is Cc1nn(C)c(Cl)c1CC(O)C1CCS(=O)(=O)C1. The number of rotatable bonds is 3. The van der Waals surface area contributed by atoms with E-state index in [2.05, 4.69) is 5.10 Å². The highest BCUT2D eigenvalue weighted by Crippen LogP contribution is 2.27. The number of aliphatic hydroxyl groups excluding tert-OH is 1. The van der Waals surface area contributed by atoms with E-state index in [-0.39, 0.29) is 17.4 Å². The lowest BCUT2D eigenvalue weighted by Gasteiger charge is -2.16. The zero-order valence-corrected chi connectivity index (χ0v) is 12.0. The number of halogens is 1. The standard InChI is InChI=1S/C11H17ClN2O3S/c1-7-9(11(12)14(2)13-7)5-10(15)8-3-4-18(16,17)6-8/h8,10,15H,3-6H2,1-2H3. The molecule has 102 valence electrons. The van der Waals surface area contributed by atoms with Crippen LogP contribution in [0, 0.1) is 12.8 Å². The fourth-order valence-electron chi connectivity index (χ4n) is 2.41.